The number of fused-ring (bicyclic) bond motifs is 1. The zero-order chi connectivity index (χ0) is 18.5. The van der Waals surface area contributed by atoms with Crippen LogP contribution in [0.3, 0.4) is 0 Å². The van der Waals surface area contributed by atoms with Crippen LogP contribution in [0.4, 0.5) is 4.39 Å². The Kier molecular flexibility index (Phi) is 3.81. The van der Waals surface area contributed by atoms with Gasteiger partial charge in [0.2, 0.25) is 11.3 Å². The number of nitrogens with zero attached hydrogens (tertiary/aromatic N) is 3. The molecular weight excluding hydrogens is 351 g/mol. The van der Waals surface area contributed by atoms with E-state index < -0.39 is 22.6 Å². The highest BCUT2D eigenvalue weighted by Crippen LogP contribution is 2.35. The van der Waals surface area contributed by atoms with Gasteiger partial charge < -0.3 is 4.42 Å². The van der Waals surface area contributed by atoms with Crippen molar-refractivity contribution in [3.05, 3.63) is 61.0 Å². The highest BCUT2D eigenvalue weighted by molar-refractivity contribution is 6.33. The van der Waals surface area contributed by atoms with E-state index in [2.05, 4.69) is 0 Å². The van der Waals surface area contributed by atoms with Crippen LogP contribution in [0.2, 0.25) is 5.02 Å². The number of aryl methyl sites for hydroxylation is 1. The van der Waals surface area contributed by atoms with Gasteiger partial charge in [-0.15, -0.1) is 0 Å². The van der Waals surface area contributed by atoms with E-state index in [1.807, 2.05) is 0 Å². The first-order valence-electron chi connectivity index (χ1n) is 6.95. The Labute approximate surface area is 144 Å². The molecule has 3 aromatic rings. The first-order valence-corrected chi connectivity index (χ1v) is 7.33. The molecule has 0 atom stereocenters. The SMILES string of the molecule is Cn1c(=O)c2c(-c3c(F)cccc3Cl)c(C#N)c(=N)oc2n(C)c1=O. The summed E-state index contributed by atoms with van der Waals surface area (Å²) in [6.07, 6.45) is 0. The van der Waals surface area contributed by atoms with Crippen LogP contribution in [0.25, 0.3) is 22.2 Å². The molecule has 2 aromatic heterocycles. The summed E-state index contributed by atoms with van der Waals surface area (Å²) in [6, 6.07) is 5.64. The molecule has 0 aliphatic carbocycles. The number of nitrogens with one attached hydrogen (secondary N) is 1. The van der Waals surface area contributed by atoms with Crippen LogP contribution in [0.1, 0.15) is 5.56 Å². The predicted molar refractivity (Wildman–Crippen MR) is 87.7 cm³/mol. The summed E-state index contributed by atoms with van der Waals surface area (Å²) in [6.45, 7) is 0. The van der Waals surface area contributed by atoms with E-state index in [1.54, 1.807) is 6.07 Å². The van der Waals surface area contributed by atoms with Crippen LogP contribution < -0.4 is 16.8 Å². The Morgan fingerprint density at radius 1 is 1.24 bits per heavy atom. The Hall–Kier alpha value is -3.18. The predicted octanol–water partition coefficient (Wildman–Crippen LogP) is 1.64. The fraction of sp³-hybridized carbons (Fsp3) is 0.125. The number of aromatic nitrogens is 2. The molecular formula is C16H10ClFN4O3. The minimum absolute atomic E-state index is 0.0423. The third kappa shape index (κ3) is 2.28. The molecule has 0 spiro atoms. The summed E-state index contributed by atoms with van der Waals surface area (Å²) in [5, 5.41) is 17.1. The number of nitriles is 1. The van der Waals surface area contributed by atoms with E-state index in [4.69, 9.17) is 21.4 Å². The molecule has 2 heterocycles. The van der Waals surface area contributed by atoms with Gasteiger partial charge in [-0.1, -0.05) is 17.7 Å². The van der Waals surface area contributed by atoms with Gasteiger partial charge >= 0.3 is 5.69 Å². The van der Waals surface area contributed by atoms with Crippen molar-refractivity contribution in [3.8, 4) is 17.2 Å². The lowest BCUT2D eigenvalue weighted by Crippen LogP contribution is -2.38. The van der Waals surface area contributed by atoms with Crippen molar-refractivity contribution < 1.29 is 8.81 Å². The van der Waals surface area contributed by atoms with E-state index in [9.17, 15) is 19.2 Å². The Bertz CT molecular complexity index is 1240. The van der Waals surface area contributed by atoms with Crippen molar-refractivity contribution in [2.45, 2.75) is 0 Å². The second-order valence-corrected chi connectivity index (χ2v) is 5.68. The smallest absolute Gasteiger partial charge is 0.333 e. The number of hydrogen-bond acceptors (Lipinski definition) is 5. The molecule has 0 bridgehead atoms. The lowest BCUT2D eigenvalue weighted by Gasteiger charge is -2.13. The second-order valence-electron chi connectivity index (χ2n) is 5.28. The van der Waals surface area contributed by atoms with Gasteiger partial charge in [0.25, 0.3) is 5.56 Å². The van der Waals surface area contributed by atoms with E-state index in [1.165, 1.54) is 26.2 Å². The average molecular weight is 361 g/mol. The molecule has 0 unspecified atom stereocenters. The third-order valence-corrected chi connectivity index (χ3v) is 4.18. The molecule has 1 aromatic carbocycles. The summed E-state index contributed by atoms with van der Waals surface area (Å²) in [5.74, 6) is -0.771. The summed E-state index contributed by atoms with van der Waals surface area (Å²) < 4.78 is 21.5. The maximum atomic E-state index is 14.5. The van der Waals surface area contributed by atoms with Crippen molar-refractivity contribution in [3.63, 3.8) is 0 Å². The monoisotopic (exact) mass is 360 g/mol. The van der Waals surface area contributed by atoms with E-state index in [0.717, 1.165) is 15.2 Å². The van der Waals surface area contributed by atoms with Crippen molar-refractivity contribution in [1.82, 2.24) is 9.13 Å². The first-order chi connectivity index (χ1) is 11.8. The number of rotatable bonds is 1. The van der Waals surface area contributed by atoms with Gasteiger partial charge in [0.05, 0.1) is 5.02 Å². The van der Waals surface area contributed by atoms with Crippen LogP contribution in [0.5, 0.6) is 0 Å². The lowest BCUT2D eigenvalue weighted by atomic mass is 9.98. The minimum Gasteiger partial charge on any atom is -0.421 e. The first kappa shape index (κ1) is 16.7. The summed E-state index contributed by atoms with van der Waals surface area (Å²) in [7, 11) is 2.59. The standard InChI is InChI=1S/C16H10ClFN4O3/c1-21-14(23)12-10(11-8(17)4-3-5-9(11)18)7(6-19)13(20)25-15(12)22(2)16(21)24/h3-5,20H,1-2H3. The zero-order valence-electron chi connectivity index (χ0n) is 13.1. The lowest BCUT2D eigenvalue weighted by molar-refractivity contribution is 0.495. The molecule has 25 heavy (non-hydrogen) atoms. The van der Waals surface area contributed by atoms with E-state index in [-0.39, 0.29) is 32.8 Å². The molecule has 9 heteroatoms. The average Bonchev–Trinajstić information content (AvgIpc) is 2.57. The normalized spacial score (nSPS) is 10.8. The summed E-state index contributed by atoms with van der Waals surface area (Å²) in [5.41, 5.74) is -3.04. The van der Waals surface area contributed by atoms with Crippen molar-refractivity contribution in [2.75, 3.05) is 0 Å². The molecule has 1 N–H and O–H groups in total. The van der Waals surface area contributed by atoms with Gasteiger partial charge in [-0.2, -0.15) is 5.26 Å². The van der Waals surface area contributed by atoms with Crippen molar-refractivity contribution in [1.29, 1.82) is 10.7 Å². The molecule has 0 amide bonds. The topological polar surface area (TPSA) is 105 Å². The number of hydrogen-bond donors (Lipinski definition) is 1. The fourth-order valence-corrected chi connectivity index (χ4v) is 2.90. The maximum Gasteiger partial charge on any atom is 0.333 e. The van der Waals surface area contributed by atoms with Gasteiger partial charge in [-0.25, -0.2) is 9.18 Å². The molecule has 0 aliphatic heterocycles. The van der Waals surface area contributed by atoms with Crippen LogP contribution in [0, 0.1) is 22.6 Å². The van der Waals surface area contributed by atoms with Crippen molar-refractivity contribution >= 4 is 22.7 Å². The molecule has 126 valence electrons. The Morgan fingerprint density at radius 3 is 2.52 bits per heavy atom. The molecule has 7 nitrogen and oxygen atoms in total. The highest BCUT2D eigenvalue weighted by atomic mass is 35.5. The molecule has 0 aliphatic rings. The van der Waals surface area contributed by atoms with Gasteiger partial charge in [0.1, 0.15) is 22.8 Å². The number of benzene rings is 1. The molecule has 0 saturated heterocycles. The largest absolute Gasteiger partial charge is 0.421 e. The van der Waals surface area contributed by atoms with Crippen LogP contribution in [-0.4, -0.2) is 9.13 Å². The van der Waals surface area contributed by atoms with E-state index in [0.29, 0.717) is 0 Å². The molecule has 0 saturated carbocycles. The minimum atomic E-state index is -0.785. The molecule has 3 rings (SSSR count). The highest BCUT2D eigenvalue weighted by Gasteiger charge is 2.24. The van der Waals surface area contributed by atoms with Gasteiger partial charge in [0, 0.05) is 25.2 Å². The van der Waals surface area contributed by atoms with Crippen LogP contribution in [0.15, 0.2) is 32.2 Å². The second kappa shape index (κ2) is 5.72. The van der Waals surface area contributed by atoms with Crippen LogP contribution >= 0.6 is 11.6 Å². The molecule has 0 fully saturated rings. The van der Waals surface area contributed by atoms with Gasteiger partial charge in [-0.05, 0) is 12.1 Å². The Balaban J connectivity index is 2.78. The van der Waals surface area contributed by atoms with E-state index >= 15 is 0 Å². The summed E-state index contributed by atoms with van der Waals surface area (Å²) >= 11 is 6.09. The fourth-order valence-electron chi connectivity index (χ4n) is 2.64. The van der Waals surface area contributed by atoms with Crippen molar-refractivity contribution in [2.24, 2.45) is 14.1 Å². The van der Waals surface area contributed by atoms with Gasteiger partial charge in [-0.3, -0.25) is 19.3 Å². The summed E-state index contributed by atoms with van der Waals surface area (Å²) in [4.78, 5) is 24.7. The van der Waals surface area contributed by atoms with Gasteiger partial charge in [0.15, 0.2) is 0 Å². The third-order valence-electron chi connectivity index (χ3n) is 3.86. The zero-order valence-corrected chi connectivity index (χ0v) is 13.8. The molecule has 0 radical (unpaired) electrons. The quantitative estimate of drug-likeness (QED) is 0.712. The van der Waals surface area contributed by atoms with Crippen LogP contribution in [-0.2, 0) is 14.1 Å². The Morgan fingerprint density at radius 2 is 1.92 bits per heavy atom. The number of halogens is 2. The maximum absolute atomic E-state index is 14.5.